The smallest absolute Gasteiger partial charge is 0.312 e. The van der Waals surface area contributed by atoms with Crippen molar-refractivity contribution in [1.82, 2.24) is 5.32 Å². The zero-order valence-electron chi connectivity index (χ0n) is 9.84. The Morgan fingerprint density at radius 2 is 2.33 bits per heavy atom. The number of esters is 1. The van der Waals surface area contributed by atoms with E-state index in [4.69, 9.17) is 9.47 Å². The molecule has 0 aromatic carbocycles. The fraction of sp³-hybridized carbons (Fsp3) is 0.909. The number of methoxy groups -OCH3 is 1. The molecular formula is C11H21NO3. The first-order valence-corrected chi connectivity index (χ1v) is 5.46. The summed E-state index contributed by atoms with van der Waals surface area (Å²) < 4.78 is 10.1. The summed E-state index contributed by atoms with van der Waals surface area (Å²) in [4.78, 5) is 11.4. The van der Waals surface area contributed by atoms with Gasteiger partial charge in [0.05, 0.1) is 19.1 Å². The Bertz CT molecular complexity index is 210. The fourth-order valence-corrected chi connectivity index (χ4v) is 1.65. The molecule has 1 heterocycles. The Morgan fingerprint density at radius 1 is 1.60 bits per heavy atom. The molecule has 0 aromatic rings. The van der Waals surface area contributed by atoms with E-state index in [1.807, 2.05) is 13.8 Å². The summed E-state index contributed by atoms with van der Waals surface area (Å²) in [7, 11) is 1.42. The molecule has 4 nitrogen and oxygen atoms in total. The summed E-state index contributed by atoms with van der Waals surface area (Å²) >= 11 is 0. The second-order valence-corrected chi connectivity index (χ2v) is 4.67. The minimum atomic E-state index is -0.466. The number of hydrogen-bond acceptors (Lipinski definition) is 4. The van der Waals surface area contributed by atoms with Crippen LogP contribution < -0.4 is 5.32 Å². The molecule has 0 spiro atoms. The molecule has 1 unspecified atom stereocenters. The van der Waals surface area contributed by atoms with Crippen molar-refractivity contribution < 1.29 is 14.3 Å². The normalized spacial score (nSPS) is 22.5. The van der Waals surface area contributed by atoms with Gasteiger partial charge in [-0.15, -0.1) is 0 Å². The molecule has 0 radical (unpaired) electrons. The number of carbonyl (C=O) groups excluding carboxylic acids is 1. The third kappa shape index (κ3) is 3.80. The molecule has 15 heavy (non-hydrogen) atoms. The molecule has 4 heteroatoms. The molecule has 0 bridgehead atoms. The number of nitrogens with one attached hydrogen (secondary N) is 1. The summed E-state index contributed by atoms with van der Waals surface area (Å²) in [6, 6.07) is 0.377. The first-order valence-electron chi connectivity index (χ1n) is 5.46. The summed E-state index contributed by atoms with van der Waals surface area (Å²) in [5, 5.41) is 3.35. The average Bonchev–Trinajstić information content (AvgIpc) is 2.27. The third-order valence-corrected chi connectivity index (χ3v) is 2.73. The lowest BCUT2D eigenvalue weighted by molar-refractivity contribution is -0.150. The number of carbonyl (C=O) groups is 1. The van der Waals surface area contributed by atoms with E-state index < -0.39 is 5.41 Å². The molecule has 0 amide bonds. The maximum Gasteiger partial charge on any atom is 0.312 e. The van der Waals surface area contributed by atoms with Gasteiger partial charge in [0.25, 0.3) is 0 Å². The minimum absolute atomic E-state index is 0.174. The van der Waals surface area contributed by atoms with Crippen molar-refractivity contribution in [3.05, 3.63) is 0 Å². The van der Waals surface area contributed by atoms with Gasteiger partial charge in [-0.25, -0.2) is 0 Å². The van der Waals surface area contributed by atoms with Crippen molar-refractivity contribution >= 4 is 5.97 Å². The van der Waals surface area contributed by atoms with E-state index in [9.17, 15) is 4.79 Å². The lowest BCUT2D eigenvalue weighted by atomic mass is 9.93. The van der Waals surface area contributed by atoms with Crippen LogP contribution in [0.25, 0.3) is 0 Å². The molecule has 0 aromatic heterocycles. The SMILES string of the molecule is COC(=O)C(C)(C)CNC1CCCOC1. The molecule has 0 saturated carbocycles. The van der Waals surface area contributed by atoms with E-state index in [0.29, 0.717) is 12.6 Å². The van der Waals surface area contributed by atoms with Gasteiger partial charge >= 0.3 is 5.97 Å². The highest BCUT2D eigenvalue weighted by molar-refractivity contribution is 5.76. The van der Waals surface area contributed by atoms with E-state index >= 15 is 0 Å². The van der Waals surface area contributed by atoms with E-state index in [1.165, 1.54) is 7.11 Å². The van der Waals surface area contributed by atoms with Crippen LogP contribution in [0.5, 0.6) is 0 Å². The molecule has 1 atom stereocenters. The molecule has 1 saturated heterocycles. The van der Waals surface area contributed by atoms with Gasteiger partial charge in [0, 0.05) is 19.2 Å². The second-order valence-electron chi connectivity index (χ2n) is 4.67. The topological polar surface area (TPSA) is 47.6 Å². The zero-order chi connectivity index (χ0) is 11.3. The number of hydrogen-bond donors (Lipinski definition) is 1. The highest BCUT2D eigenvalue weighted by Crippen LogP contribution is 2.16. The first kappa shape index (κ1) is 12.5. The predicted octanol–water partition coefficient (Wildman–Crippen LogP) is 0.954. The monoisotopic (exact) mass is 215 g/mol. The van der Waals surface area contributed by atoms with Crippen molar-refractivity contribution in [2.24, 2.45) is 5.41 Å². The van der Waals surface area contributed by atoms with Gasteiger partial charge in [-0.2, -0.15) is 0 Å². The fourth-order valence-electron chi connectivity index (χ4n) is 1.65. The third-order valence-electron chi connectivity index (χ3n) is 2.73. The first-order chi connectivity index (χ1) is 7.06. The molecule has 1 N–H and O–H groups in total. The quantitative estimate of drug-likeness (QED) is 0.709. The standard InChI is InChI=1S/C11H21NO3/c1-11(2,10(13)14-3)8-12-9-5-4-6-15-7-9/h9,12H,4-8H2,1-3H3. The molecule has 1 aliphatic heterocycles. The van der Waals surface area contributed by atoms with Gasteiger partial charge in [0.2, 0.25) is 0 Å². The largest absolute Gasteiger partial charge is 0.469 e. The molecule has 0 aliphatic carbocycles. The van der Waals surface area contributed by atoms with Crippen LogP contribution in [-0.4, -0.2) is 38.9 Å². The predicted molar refractivity (Wildman–Crippen MR) is 57.6 cm³/mol. The molecule has 1 aliphatic rings. The Labute approximate surface area is 91.3 Å². The molecule has 1 fully saturated rings. The van der Waals surface area contributed by atoms with Gasteiger partial charge in [0.15, 0.2) is 0 Å². The van der Waals surface area contributed by atoms with E-state index in [2.05, 4.69) is 5.32 Å². The Balaban J connectivity index is 2.31. The zero-order valence-corrected chi connectivity index (χ0v) is 9.84. The highest BCUT2D eigenvalue weighted by atomic mass is 16.5. The van der Waals surface area contributed by atoms with Crippen molar-refractivity contribution in [3.63, 3.8) is 0 Å². The Hall–Kier alpha value is -0.610. The maximum atomic E-state index is 11.4. The van der Waals surface area contributed by atoms with Gasteiger partial charge in [-0.3, -0.25) is 4.79 Å². The average molecular weight is 215 g/mol. The van der Waals surface area contributed by atoms with Crippen LogP contribution in [0.2, 0.25) is 0 Å². The van der Waals surface area contributed by atoms with Crippen molar-refractivity contribution in [2.75, 3.05) is 26.9 Å². The highest BCUT2D eigenvalue weighted by Gasteiger charge is 2.29. The van der Waals surface area contributed by atoms with Gasteiger partial charge in [-0.1, -0.05) is 0 Å². The van der Waals surface area contributed by atoms with Crippen LogP contribution in [-0.2, 0) is 14.3 Å². The van der Waals surface area contributed by atoms with Crippen molar-refractivity contribution in [2.45, 2.75) is 32.7 Å². The number of rotatable bonds is 4. The van der Waals surface area contributed by atoms with Crippen molar-refractivity contribution in [1.29, 1.82) is 0 Å². The van der Waals surface area contributed by atoms with Crippen molar-refractivity contribution in [3.8, 4) is 0 Å². The summed E-state index contributed by atoms with van der Waals surface area (Å²) in [6.07, 6.45) is 2.22. The van der Waals surface area contributed by atoms with Gasteiger partial charge < -0.3 is 14.8 Å². The van der Waals surface area contributed by atoms with Gasteiger partial charge in [0.1, 0.15) is 0 Å². The maximum absolute atomic E-state index is 11.4. The van der Waals surface area contributed by atoms with Crippen LogP contribution in [0.3, 0.4) is 0 Å². The summed E-state index contributed by atoms with van der Waals surface area (Å²) in [6.45, 7) is 6.01. The molecule has 88 valence electrons. The Morgan fingerprint density at radius 3 is 2.87 bits per heavy atom. The van der Waals surface area contributed by atoms with E-state index in [-0.39, 0.29) is 5.97 Å². The van der Waals surface area contributed by atoms with Crippen LogP contribution in [0, 0.1) is 5.41 Å². The van der Waals surface area contributed by atoms with Crippen LogP contribution in [0.4, 0.5) is 0 Å². The lowest BCUT2D eigenvalue weighted by Gasteiger charge is -2.28. The van der Waals surface area contributed by atoms with Crippen LogP contribution in [0.15, 0.2) is 0 Å². The van der Waals surface area contributed by atoms with Gasteiger partial charge in [-0.05, 0) is 26.7 Å². The number of ether oxygens (including phenoxy) is 2. The molecular weight excluding hydrogens is 194 g/mol. The van der Waals surface area contributed by atoms with Crippen LogP contribution in [0.1, 0.15) is 26.7 Å². The van der Waals surface area contributed by atoms with E-state index in [1.54, 1.807) is 0 Å². The Kier molecular flexibility index (Phi) is 4.54. The lowest BCUT2D eigenvalue weighted by Crippen LogP contribution is -2.44. The summed E-state index contributed by atoms with van der Waals surface area (Å²) in [5.74, 6) is -0.174. The summed E-state index contributed by atoms with van der Waals surface area (Å²) in [5.41, 5.74) is -0.466. The van der Waals surface area contributed by atoms with Crippen LogP contribution >= 0.6 is 0 Å². The van der Waals surface area contributed by atoms with E-state index in [0.717, 1.165) is 26.1 Å². The second kappa shape index (κ2) is 5.47. The molecule has 1 rings (SSSR count). The minimum Gasteiger partial charge on any atom is -0.469 e.